The molecule has 22 heavy (non-hydrogen) atoms. The molecular weight excluding hydrogens is 300 g/mol. The molecule has 7 heteroatoms. The first-order chi connectivity index (χ1) is 10.7. The molecule has 0 spiro atoms. The molecule has 0 atom stereocenters. The van der Waals surface area contributed by atoms with E-state index in [1.807, 2.05) is 31.2 Å². The number of ether oxygens (including phenoxy) is 1. The fourth-order valence-corrected chi connectivity index (χ4v) is 2.18. The Morgan fingerprint density at radius 1 is 1.32 bits per heavy atom. The minimum atomic E-state index is -0.209. The molecule has 0 radical (unpaired) electrons. The highest BCUT2D eigenvalue weighted by Crippen LogP contribution is 2.13. The van der Waals surface area contributed by atoms with Crippen LogP contribution < -0.4 is 10.2 Å². The van der Waals surface area contributed by atoms with E-state index in [2.05, 4.69) is 20.5 Å². The van der Waals surface area contributed by atoms with E-state index < -0.39 is 0 Å². The average Bonchev–Trinajstić information content (AvgIpc) is 2.58. The highest BCUT2D eigenvalue weighted by molar-refractivity contribution is 7.99. The van der Waals surface area contributed by atoms with Gasteiger partial charge in [-0.1, -0.05) is 23.9 Å². The van der Waals surface area contributed by atoms with Gasteiger partial charge in [0.1, 0.15) is 5.75 Å². The summed E-state index contributed by atoms with van der Waals surface area (Å²) in [6, 6.07) is 9.22. The number of nitrogens with one attached hydrogen (secondary N) is 1. The number of carbonyl (C=O) groups excluding carboxylic acids is 1. The molecule has 0 fully saturated rings. The highest BCUT2D eigenvalue weighted by Gasteiger charge is 2.04. The summed E-state index contributed by atoms with van der Waals surface area (Å²) in [5.74, 6) is 0.744. The first-order valence-corrected chi connectivity index (χ1v) is 7.55. The number of aromatic nitrogens is 2. The largest absolute Gasteiger partial charge is 0.497 e. The summed E-state index contributed by atoms with van der Waals surface area (Å²) < 4.78 is 5.16. The molecule has 1 aromatic carbocycles. The minimum Gasteiger partial charge on any atom is -0.497 e. The van der Waals surface area contributed by atoms with Crippen molar-refractivity contribution >= 4 is 23.4 Å². The first-order valence-electron chi connectivity index (χ1n) is 6.56. The van der Waals surface area contributed by atoms with Crippen molar-refractivity contribution in [2.75, 3.05) is 12.9 Å². The van der Waals surface area contributed by atoms with Crippen LogP contribution in [0.15, 0.2) is 53.0 Å². The third kappa shape index (κ3) is 4.85. The van der Waals surface area contributed by atoms with Gasteiger partial charge in [-0.05, 0) is 25.1 Å². The highest BCUT2D eigenvalue weighted by atomic mass is 32.2. The van der Waals surface area contributed by atoms with Crippen molar-refractivity contribution in [3.05, 3.63) is 48.3 Å². The Morgan fingerprint density at radius 2 is 2.09 bits per heavy atom. The lowest BCUT2D eigenvalue weighted by Crippen LogP contribution is -2.21. The van der Waals surface area contributed by atoms with Crippen LogP contribution in [0, 0.1) is 0 Å². The number of hydrazone groups is 1. The van der Waals surface area contributed by atoms with Crippen LogP contribution in [-0.4, -0.2) is 34.4 Å². The molecule has 2 aromatic rings. The summed E-state index contributed by atoms with van der Waals surface area (Å²) >= 11 is 1.26. The maximum atomic E-state index is 11.8. The Labute approximate surface area is 133 Å². The molecule has 114 valence electrons. The fraction of sp³-hybridized carbons (Fsp3) is 0.200. The van der Waals surface area contributed by atoms with E-state index >= 15 is 0 Å². The van der Waals surface area contributed by atoms with Crippen LogP contribution in [0.4, 0.5) is 0 Å². The summed E-state index contributed by atoms with van der Waals surface area (Å²) in [6.07, 6.45) is 3.27. The number of methoxy groups -OCH3 is 1. The third-order valence-electron chi connectivity index (χ3n) is 2.71. The molecule has 0 aliphatic rings. The third-order valence-corrected chi connectivity index (χ3v) is 3.59. The van der Waals surface area contributed by atoms with Crippen molar-refractivity contribution in [1.82, 2.24) is 15.4 Å². The first kappa shape index (κ1) is 16.0. The molecule has 1 N–H and O–H groups in total. The molecule has 0 unspecified atom stereocenters. The Balaban J connectivity index is 1.88. The van der Waals surface area contributed by atoms with Crippen molar-refractivity contribution in [3.63, 3.8) is 0 Å². The van der Waals surface area contributed by atoms with Crippen LogP contribution in [-0.2, 0) is 4.79 Å². The molecule has 1 aromatic heterocycles. The minimum absolute atomic E-state index is 0.207. The number of benzene rings is 1. The predicted octanol–water partition coefficient (Wildman–Crippen LogP) is 2.12. The van der Waals surface area contributed by atoms with Crippen molar-refractivity contribution < 1.29 is 9.53 Å². The Morgan fingerprint density at radius 3 is 2.82 bits per heavy atom. The predicted molar refractivity (Wildman–Crippen MR) is 86.1 cm³/mol. The van der Waals surface area contributed by atoms with Crippen molar-refractivity contribution in [1.29, 1.82) is 0 Å². The van der Waals surface area contributed by atoms with Gasteiger partial charge in [0.15, 0.2) is 5.16 Å². The average molecular weight is 316 g/mol. The van der Waals surface area contributed by atoms with Crippen molar-refractivity contribution in [2.24, 2.45) is 5.10 Å². The molecule has 0 aliphatic heterocycles. The van der Waals surface area contributed by atoms with Crippen LogP contribution in [0.5, 0.6) is 5.75 Å². The van der Waals surface area contributed by atoms with Crippen LogP contribution in [0.3, 0.4) is 0 Å². The molecular formula is C15H16N4O2S. The number of amides is 1. The smallest absolute Gasteiger partial charge is 0.250 e. The number of thioether (sulfide) groups is 1. The van der Waals surface area contributed by atoms with Crippen LogP contribution in [0.2, 0.25) is 0 Å². The number of nitrogens with zero attached hydrogens (tertiary/aromatic N) is 3. The van der Waals surface area contributed by atoms with Crippen LogP contribution in [0.1, 0.15) is 12.5 Å². The summed E-state index contributed by atoms with van der Waals surface area (Å²) in [6.45, 7) is 1.82. The van der Waals surface area contributed by atoms with E-state index in [-0.39, 0.29) is 11.7 Å². The molecule has 0 saturated heterocycles. The van der Waals surface area contributed by atoms with Gasteiger partial charge >= 0.3 is 0 Å². The second-order valence-corrected chi connectivity index (χ2v) is 5.23. The van der Waals surface area contributed by atoms with Gasteiger partial charge in [-0.25, -0.2) is 15.4 Å². The lowest BCUT2D eigenvalue weighted by molar-refractivity contribution is -0.118. The second kappa shape index (κ2) is 8.14. The zero-order valence-electron chi connectivity index (χ0n) is 12.3. The Hall–Kier alpha value is -2.41. The summed E-state index contributed by atoms with van der Waals surface area (Å²) in [5.41, 5.74) is 4.11. The molecule has 6 nitrogen and oxygen atoms in total. The maximum absolute atomic E-state index is 11.8. The monoisotopic (exact) mass is 316 g/mol. The van der Waals surface area contributed by atoms with Gasteiger partial charge in [0.25, 0.3) is 5.91 Å². The molecule has 2 rings (SSSR count). The van der Waals surface area contributed by atoms with E-state index in [4.69, 9.17) is 4.74 Å². The quantitative estimate of drug-likeness (QED) is 0.382. The van der Waals surface area contributed by atoms with E-state index in [9.17, 15) is 4.79 Å². The van der Waals surface area contributed by atoms with Crippen molar-refractivity contribution in [3.8, 4) is 5.75 Å². The second-order valence-electron chi connectivity index (χ2n) is 4.28. The van der Waals surface area contributed by atoms with E-state index in [1.54, 1.807) is 25.6 Å². The summed E-state index contributed by atoms with van der Waals surface area (Å²) in [4.78, 5) is 19.8. The number of rotatable bonds is 6. The van der Waals surface area contributed by atoms with Crippen LogP contribution in [0.25, 0.3) is 0 Å². The number of hydrogen-bond acceptors (Lipinski definition) is 6. The molecule has 0 saturated carbocycles. The Bertz CT molecular complexity index is 662. The summed E-state index contributed by atoms with van der Waals surface area (Å²) in [5, 5.41) is 4.65. The van der Waals surface area contributed by atoms with Gasteiger partial charge in [0, 0.05) is 18.0 Å². The van der Waals surface area contributed by atoms with Gasteiger partial charge in [-0.3, -0.25) is 4.79 Å². The van der Waals surface area contributed by atoms with Gasteiger partial charge in [0.2, 0.25) is 0 Å². The Kier molecular flexibility index (Phi) is 5.91. The molecule has 0 aliphatic carbocycles. The van der Waals surface area contributed by atoms with E-state index in [0.717, 1.165) is 11.3 Å². The van der Waals surface area contributed by atoms with Crippen LogP contribution >= 0.6 is 11.8 Å². The van der Waals surface area contributed by atoms with Gasteiger partial charge in [-0.15, -0.1) is 0 Å². The lowest BCUT2D eigenvalue weighted by atomic mass is 10.1. The number of carbonyl (C=O) groups is 1. The topological polar surface area (TPSA) is 76.5 Å². The standard InChI is InChI=1S/C15H16N4O2S/c1-11(12-5-3-6-13(9-12)21-2)18-19-14(20)10-22-15-16-7-4-8-17-15/h3-9H,10H2,1-2H3,(H,19,20). The normalized spacial score (nSPS) is 11.1. The van der Waals surface area contributed by atoms with E-state index in [0.29, 0.717) is 10.9 Å². The van der Waals surface area contributed by atoms with Gasteiger partial charge in [-0.2, -0.15) is 5.10 Å². The lowest BCUT2D eigenvalue weighted by Gasteiger charge is -2.05. The fourth-order valence-electron chi connectivity index (χ4n) is 1.58. The molecule has 1 amide bonds. The maximum Gasteiger partial charge on any atom is 0.250 e. The zero-order chi connectivity index (χ0) is 15.8. The summed E-state index contributed by atoms with van der Waals surface area (Å²) in [7, 11) is 1.61. The van der Waals surface area contributed by atoms with Crippen molar-refractivity contribution in [2.45, 2.75) is 12.1 Å². The van der Waals surface area contributed by atoms with E-state index in [1.165, 1.54) is 11.8 Å². The van der Waals surface area contributed by atoms with Gasteiger partial charge in [0.05, 0.1) is 18.6 Å². The van der Waals surface area contributed by atoms with Gasteiger partial charge < -0.3 is 4.74 Å². The number of hydrogen-bond donors (Lipinski definition) is 1. The SMILES string of the molecule is COc1cccc(C(C)=NNC(=O)CSc2ncccn2)c1. The molecule has 1 heterocycles. The molecule has 0 bridgehead atoms. The zero-order valence-corrected chi connectivity index (χ0v) is 13.1.